The van der Waals surface area contributed by atoms with Gasteiger partial charge in [-0.15, -0.1) is 11.3 Å². The first-order valence-corrected chi connectivity index (χ1v) is 17.2. The van der Waals surface area contributed by atoms with E-state index in [2.05, 4.69) is 51.5 Å². The Hall–Kier alpha value is -4.03. The molecular weight excluding hydrogens is 648 g/mol. The first-order valence-electron chi connectivity index (χ1n) is 16.1. The summed E-state index contributed by atoms with van der Waals surface area (Å²) in [5, 5.41) is 19.5. The van der Waals surface area contributed by atoms with Crippen LogP contribution < -0.4 is 10.9 Å². The number of fused-ring (bicyclic) bond motifs is 1. The molecule has 6 rings (SSSR count). The average molecular weight is 689 g/mol. The van der Waals surface area contributed by atoms with Crippen molar-refractivity contribution in [2.24, 2.45) is 7.05 Å². The number of piperidine rings is 1. The maximum Gasteiger partial charge on any atom is 0.407 e. The summed E-state index contributed by atoms with van der Waals surface area (Å²) in [6.45, 7) is 10.1. The van der Waals surface area contributed by atoms with Crippen LogP contribution in [0.1, 0.15) is 49.6 Å². The molecule has 252 valence electrons. The number of ether oxygens (including phenoxy) is 1. The van der Waals surface area contributed by atoms with E-state index in [-0.39, 0.29) is 17.6 Å². The van der Waals surface area contributed by atoms with Crippen LogP contribution in [0.3, 0.4) is 0 Å². The normalized spacial score (nSPS) is 15.1. The molecule has 12 heteroatoms. The van der Waals surface area contributed by atoms with Crippen LogP contribution in [0.15, 0.2) is 65.7 Å². The first-order chi connectivity index (χ1) is 22.8. The SMILES string of the molecule is Cc1ccc(-c2ccc(CN3CCC(O)(Cn4cnc5c(-c6ccc(CNC(=O)OC(C)(C)C)cc6)n(C)nc5c4=O)CC3)c(Cl)c2)s1. The van der Waals surface area contributed by atoms with Crippen LogP contribution in [0.25, 0.3) is 32.7 Å². The molecule has 0 unspecified atom stereocenters. The van der Waals surface area contributed by atoms with Gasteiger partial charge in [-0.2, -0.15) is 5.10 Å². The third kappa shape index (κ3) is 7.65. The summed E-state index contributed by atoms with van der Waals surface area (Å²) in [5.74, 6) is 0. The van der Waals surface area contributed by atoms with Crippen molar-refractivity contribution in [1.82, 2.24) is 29.5 Å². The van der Waals surface area contributed by atoms with Gasteiger partial charge < -0.3 is 15.2 Å². The van der Waals surface area contributed by atoms with E-state index in [0.29, 0.717) is 50.2 Å². The van der Waals surface area contributed by atoms with Gasteiger partial charge >= 0.3 is 6.09 Å². The average Bonchev–Trinajstić information content (AvgIpc) is 3.62. The lowest BCUT2D eigenvalue weighted by Crippen LogP contribution is -2.47. The van der Waals surface area contributed by atoms with Crippen molar-refractivity contribution in [3.05, 3.63) is 92.3 Å². The Morgan fingerprint density at radius 3 is 2.42 bits per heavy atom. The van der Waals surface area contributed by atoms with Gasteiger partial charge in [-0.05, 0) is 75.4 Å². The predicted octanol–water partition coefficient (Wildman–Crippen LogP) is 6.54. The number of benzene rings is 2. The van der Waals surface area contributed by atoms with Crippen LogP contribution in [-0.2, 0) is 31.4 Å². The van der Waals surface area contributed by atoms with Gasteiger partial charge in [-0.3, -0.25) is 18.9 Å². The van der Waals surface area contributed by atoms with Crippen molar-refractivity contribution in [2.75, 3.05) is 13.1 Å². The van der Waals surface area contributed by atoms with Crippen LogP contribution in [-0.4, -0.2) is 59.7 Å². The number of nitrogens with one attached hydrogen (secondary N) is 1. The van der Waals surface area contributed by atoms with Gasteiger partial charge in [0.1, 0.15) is 11.1 Å². The van der Waals surface area contributed by atoms with E-state index in [9.17, 15) is 14.7 Å². The maximum absolute atomic E-state index is 13.6. The number of hydrogen-bond donors (Lipinski definition) is 2. The van der Waals surface area contributed by atoms with Crippen LogP contribution >= 0.6 is 22.9 Å². The largest absolute Gasteiger partial charge is 0.444 e. The summed E-state index contributed by atoms with van der Waals surface area (Å²) in [5.41, 5.74) is 3.48. The topological polar surface area (TPSA) is 115 Å². The number of alkyl carbamates (subject to hydrolysis) is 1. The molecule has 0 atom stereocenters. The Kier molecular flexibility index (Phi) is 9.50. The van der Waals surface area contributed by atoms with Crippen LogP contribution in [0, 0.1) is 6.92 Å². The lowest BCUT2D eigenvalue weighted by molar-refractivity contribution is -0.0364. The minimum absolute atomic E-state index is 0.142. The number of likely N-dealkylation sites (tertiary alicyclic amines) is 1. The zero-order valence-corrected chi connectivity index (χ0v) is 29.5. The highest BCUT2D eigenvalue weighted by Crippen LogP contribution is 2.33. The minimum atomic E-state index is -1.04. The number of rotatable bonds is 8. The van der Waals surface area contributed by atoms with Gasteiger partial charge in [-0.25, -0.2) is 9.78 Å². The molecule has 3 aromatic heterocycles. The molecule has 2 N–H and O–H groups in total. The van der Waals surface area contributed by atoms with E-state index in [1.165, 1.54) is 20.6 Å². The maximum atomic E-state index is 13.6. The fourth-order valence-electron chi connectivity index (χ4n) is 6.06. The Labute approximate surface area is 288 Å². The lowest BCUT2D eigenvalue weighted by atomic mass is 9.91. The molecule has 1 saturated heterocycles. The summed E-state index contributed by atoms with van der Waals surface area (Å²) in [6, 6.07) is 18.1. The molecule has 1 aliphatic rings. The third-order valence-electron chi connectivity index (χ3n) is 8.60. The molecule has 0 radical (unpaired) electrons. The predicted molar refractivity (Wildman–Crippen MR) is 190 cm³/mol. The molecule has 0 aliphatic carbocycles. The molecule has 0 bridgehead atoms. The van der Waals surface area contributed by atoms with E-state index in [1.54, 1.807) is 23.1 Å². The molecule has 1 amide bonds. The van der Waals surface area contributed by atoms with Crippen molar-refractivity contribution in [2.45, 2.75) is 71.4 Å². The van der Waals surface area contributed by atoms with Crippen molar-refractivity contribution >= 4 is 40.1 Å². The number of hydrogen-bond acceptors (Lipinski definition) is 8. The van der Waals surface area contributed by atoms with Crippen LogP contribution in [0.4, 0.5) is 4.79 Å². The summed E-state index contributed by atoms with van der Waals surface area (Å²) in [4.78, 5) is 35.0. The van der Waals surface area contributed by atoms with Crippen molar-refractivity contribution in [3.8, 4) is 21.7 Å². The molecular formula is C36H41ClN6O4S. The molecule has 10 nitrogen and oxygen atoms in total. The smallest absolute Gasteiger partial charge is 0.407 e. The summed E-state index contributed by atoms with van der Waals surface area (Å²) in [7, 11) is 1.78. The van der Waals surface area contributed by atoms with Gasteiger partial charge in [0.15, 0.2) is 5.52 Å². The number of aromatic nitrogens is 4. The summed E-state index contributed by atoms with van der Waals surface area (Å²) >= 11 is 8.44. The van der Waals surface area contributed by atoms with Gasteiger partial charge in [-0.1, -0.05) is 48.0 Å². The molecule has 5 aromatic rings. The molecule has 2 aromatic carbocycles. The fraction of sp³-hybridized carbons (Fsp3) is 0.389. The highest BCUT2D eigenvalue weighted by molar-refractivity contribution is 7.15. The Balaban J connectivity index is 1.09. The van der Waals surface area contributed by atoms with Gasteiger partial charge in [0.05, 0.1) is 24.2 Å². The van der Waals surface area contributed by atoms with E-state index >= 15 is 0 Å². The zero-order chi connectivity index (χ0) is 34.2. The van der Waals surface area contributed by atoms with E-state index < -0.39 is 17.3 Å². The number of carbonyl (C=O) groups excluding carboxylic acids is 1. The Morgan fingerprint density at radius 2 is 1.77 bits per heavy atom. The van der Waals surface area contributed by atoms with E-state index in [0.717, 1.165) is 27.3 Å². The third-order valence-corrected chi connectivity index (χ3v) is 10.00. The molecule has 4 heterocycles. The number of thiophene rings is 1. The monoisotopic (exact) mass is 688 g/mol. The van der Waals surface area contributed by atoms with Crippen molar-refractivity contribution < 1.29 is 14.6 Å². The van der Waals surface area contributed by atoms with Crippen LogP contribution in [0.2, 0.25) is 5.02 Å². The van der Waals surface area contributed by atoms with Gasteiger partial charge in [0, 0.05) is 53.6 Å². The number of halogens is 1. The standard InChI is InChI=1S/C36H41ClN6O4S/c1-23-6-13-29(48-23)26-11-12-27(28(37)18-26)20-42-16-14-36(46,15-17-42)21-43-22-39-30-31(33(43)44)40-41(5)32(30)25-9-7-24(8-10-25)19-38-34(45)47-35(2,3)4/h6-13,18,22,46H,14-17,19-21H2,1-5H3,(H,38,45). The Morgan fingerprint density at radius 1 is 1.06 bits per heavy atom. The second-order valence-electron chi connectivity index (χ2n) is 13.6. The highest BCUT2D eigenvalue weighted by Gasteiger charge is 2.33. The second kappa shape index (κ2) is 13.5. The minimum Gasteiger partial charge on any atom is -0.444 e. The first kappa shape index (κ1) is 33.9. The van der Waals surface area contributed by atoms with Crippen LogP contribution in [0.5, 0.6) is 0 Å². The Bertz CT molecular complexity index is 2000. The highest BCUT2D eigenvalue weighted by atomic mass is 35.5. The summed E-state index contributed by atoms with van der Waals surface area (Å²) in [6.07, 6.45) is 2.07. The van der Waals surface area contributed by atoms with E-state index in [1.807, 2.05) is 51.1 Å². The van der Waals surface area contributed by atoms with E-state index in [4.69, 9.17) is 16.3 Å². The second-order valence-corrected chi connectivity index (χ2v) is 15.3. The quantitative estimate of drug-likeness (QED) is 0.190. The fourth-order valence-corrected chi connectivity index (χ4v) is 7.17. The lowest BCUT2D eigenvalue weighted by Gasteiger charge is -2.38. The molecule has 0 saturated carbocycles. The van der Waals surface area contributed by atoms with Crippen molar-refractivity contribution in [1.29, 1.82) is 0 Å². The number of aryl methyl sites for hydroxylation is 2. The molecule has 0 spiro atoms. The molecule has 1 fully saturated rings. The molecule has 48 heavy (non-hydrogen) atoms. The van der Waals surface area contributed by atoms with Gasteiger partial charge in [0.25, 0.3) is 5.56 Å². The molecule has 1 aliphatic heterocycles. The number of aliphatic hydroxyl groups is 1. The van der Waals surface area contributed by atoms with Crippen molar-refractivity contribution in [3.63, 3.8) is 0 Å². The number of carbonyl (C=O) groups is 1. The van der Waals surface area contributed by atoms with Gasteiger partial charge in [0.2, 0.25) is 0 Å². The zero-order valence-electron chi connectivity index (χ0n) is 27.9. The number of nitrogens with zero attached hydrogens (tertiary/aromatic N) is 5. The number of amides is 1. The summed E-state index contributed by atoms with van der Waals surface area (Å²) < 4.78 is 8.43.